The molecule has 1 heterocycles. The van der Waals surface area contributed by atoms with Gasteiger partial charge in [-0.1, -0.05) is 6.07 Å². The van der Waals surface area contributed by atoms with Gasteiger partial charge in [-0.2, -0.15) is 0 Å². The van der Waals surface area contributed by atoms with Crippen LogP contribution in [-0.2, 0) is 18.3 Å². The van der Waals surface area contributed by atoms with Gasteiger partial charge >= 0.3 is 5.76 Å². The minimum absolute atomic E-state index is 0.145. The van der Waals surface area contributed by atoms with Gasteiger partial charge in [0, 0.05) is 24.7 Å². The van der Waals surface area contributed by atoms with Gasteiger partial charge < -0.3 is 15.5 Å². The molecule has 2 amide bonds. The van der Waals surface area contributed by atoms with Crippen LogP contribution in [0.5, 0.6) is 0 Å². The maximum atomic E-state index is 12.1. The number of nitrogens with zero attached hydrogens (tertiary/aromatic N) is 1. The number of rotatable bonds is 5. The third kappa shape index (κ3) is 3.60. The van der Waals surface area contributed by atoms with Crippen molar-refractivity contribution >= 4 is 28.6 Å². The van der Waals surface area contributed by atoms with Crippen molar-refractivity contribution in [3.05, 3.63) is 64.1 Å². The molecule has 0 aliphatic rings. The average Bonchev–Trinajstić information content (AvgIpc) is 2.88. The zero-order chi connectivity index (χ0) is 18.0. The lowest BCUT2D eigenvalue weighted by molar-refractivity contribution is -0.116. The lowest BCUT2D eigenvalue weighted by Gasteiger charge is -2.06. The highest BCUT2D eigenvalue weighted by Crippen LogP contribution is 2.16. The Morgan fingerprint density at radius 2 is 1.88 bits per heavy atom. The number of benzene rings is 2. The van der Waals surface area contributed by atoms with Gasteiger partial charge in [0.05, 0.1) is 5.52 Å². The number of primary amides is 1. The van der Waals surface area contributed by atoms with E-state index in [1.165, 1.54) is 4.57 Å². The van der Waals surface area contributed by atoms with Crippen LogP contribution in [0.3, 0.4) is 0 Å². The molecule has 0 saturated carbocycles. The Balaban J connectivity index is 1.63. The fourth-order valence-corrected chi connectivity index (χ4v) is 2.53. The van der Waals surface area contributed by atoms with Crippen LogP contribution < -0.4 is 16.8 Å². The Hall–Kier alpha value is -3.35. The molecule has 2 aromatic carbocycles. The molecule has 0 bridgehead atoms. The number of aryl methyl sites for hydroxylation is 2. The van der Waals surface area contributed by atoms with Gasteiger partial charge in [0.25, 0.3) is 0 Å². The van der Waals surface area contributed by atoms with Gasteiger partial charge in [0.15, 0.2) is 5.58 Å². The van der Waals surface area contributed by atoms with E-state index < -0.39 is 11.7 Å². The van der Waals surface area contributed by atoms with E-state index in [1.54, 1.807) is 37.4 Å². The summed E-state index contributed by atoms with van der Waals surface area (Å²) in [6, 6.07) is 11.8. The Kier molecular flexibility index (Phi) is 4.38. The number of nitrogens with two attached hydrogens (primary N) is 1. The molecule has 7 heteroatoms. The Labute approximate surface area is 143 Å². The molecular formula is C18H17N3O4. The molecule has 0 spiro atoms. The maximum absolute atomic E-state index is 12.1. The van der Waals surface area contributed by atoms with Crippen LogP contribution in [0.15, 0.2) is 51.7 Å². The van der Waals surface area contributed by atoms with Crippen LogP contribution in [0.2, 0.25) is 0 Å². The molecule has 3 N–H and O–H groups in total. The first-order valence-corrected chi connectivity index (χ1v) is 7.72. The smallest absolute Gasteiger partial charge is 0.408 e. The second kappa shape index (κ2) is 6.64. The summed E-state index contributed by atoms with van der Waals surface area (Å²) in [4.78, 5) is 34.6. The van der Waals surface area contributed by atoms with Crippen LogP contribution in [0.4, 0.5) is 5.69 Å². The molecule has 0 aliphatic heterocycles. The summed E-state index contributed by atoms with van der Waals surface area (Å²) < 4.78 is 6.51. The first-order chi connectivity index (χ1) is 11.9. The molecular weight excluding hydrogens is 322 g/mol. The summed E-state index contributed by atoms with van der Waals surface area (Å²) in [7, 11) is 1.64. The maximum Gasteiger partial charge on any atom is 0.419 e. The molecule has 128 valence electrons. The number of amides is 2. The molecule has 1 aromatic heterocycles. The zero-order valence-electron chi connectivity index (χ0n) is 13.6. The SMILES string of the molecule is Cn1c(=O)oc2ccc(CCC(=O)Nc3ccc(C(N)=O)cc3)cc21. The normalized spacial score (nSPS) is 10.8. The van der Waals surface area contributed by atoms with Crippen LogP contribution in [0.25, 0.3) is 11.1 Å². The second-order valence-electron chi connectivity index (χ2n) is 5.72. The summed E-state index contributed by atoms with van der Waals surface area (Å²) in [5, 5.41) is 2.77. The van der Waals surface area contributed by atoms with Crippen molar-refractivity contribution in [2.45, 2.75) is 12.8 Å². The predicted octanol–water partition coefficient (Wildman–Crippen LogP) is 1.80. The Morgan fingerprint density at radius 3 is 2.56 bits per heavy atom. The highest BCUT2D eigenvalue weighted by Gasteiger charge is 2.08. The average molecular weight is 339 g/mol. The van der Waals surface area contributed by atoms with E-state index >= 15 is 0 Å². The number of aromatic nitrogens is 1. The van der Waals surface area contributed by atoms with Gasteiger partial charge in [-0.15, -0.1) is 0 Å². The molecule has 7 nitrogen and oxygen atoms in total. The Bertz CT molecular complexity index is 999. The number of fused-ring (bicyclic) bond motifs is 1. The number of oxazole rings is 1. The van der Waals surface area contributed by atoms with Gasteiger partial charge in [-0.3, -0.25) is 14.2 Å². The lowest BCUT2D eigenvalue weighted by atomic mass is 10.1. The fourth-order valence-electron chi connectivity index (χ4n) is 2.53. The first kappa shape index (κ1) is 16.5. The van der Waals surface area contributed by atoms with Crippen LogP contribution >= 0.6 is 0 Å². The highest BCUT2D eigenvalue weighted by atomic mass is 16.4. The van der Waals surface area contributed by atoms with Crippen molar-refractivity contribution < 1.29 is 14.0 Å². The largest absolute Gasteiger partial charge is 0.419 e. The predicted molar refractivity (Wildman–Crippen MR) is 93.4 cm³/mol. The topological polar surface area (TPSA) is 107 Å². The van der Waals surface area contributed by atoms with Crippen molar-refractivity contribution in [1.29, 1.82) is 0 Å². The number of nitrogens with one attached hydrogen (secondary N) is 1. The van der Waals surface area contributed by atoms with Gasteiger partial charge in [-0.05, 0) is 48.4 Å². The van der Waals surface area contributed by atoms with Crippen LogP contribution in [0, 0.1) is 0 Å². The van der Waals surface area contributed by atoms with Crippen molar-refractivity contribution in [1.82, 2.24) is 4.57 Å². The number of hydrogen-bond acceptors (Lipinski definition) is 4. The van der Waals surface area contributed by atoms with E-state index in [0.29, 0.717) is 28.8 Å². The summed E-state index contributed by atoms with van der Waals surface area (Å²) in [5.41, 5.74) is 8.32. The monoisotopic (exact) mass is 339 g/mol. The second-order valence-corrected chi connectivity index (χ2v) is 5.72. The van der Waals surface area contributed by atoms with Crippen molar-refractivity contribution in [3.8, 4) is 0 Å². The van der Waals surface area contributed by atoms with Crippen molar-refractivity contribution in [2.24, 2.45) is 12.8 Å². The number of carbonyl (C=O) groups is 2. The van der Waals surface area contributed by atoms with E-state index in [2.05, 4.69) is 5.32 Å². The van der Waals surface area contributed by atoms with E-state index in [9.17, 15) is 14.4 Å². The molecule has 0 aliphatic carbocycles. The number of hydrogen-bond donors (Lipinski definition) is 2. The van der Waals surface area contributed by atoms with E-state index in [4.69, 9.17) is 10.2 Å². The van der Waals surface area contributed by atoms with E-state index in [-0.39, 0.29) is 12.3 Å². The summed E-state index contributed by atoms with van der Waals surface area (Å²) in [5.74, 6) is -1.07. The zero-order valence-corrected chi connectivity index (χ0v) is 13.6. The van der Waals surface area contributed by atoms with Crippen molar-refractivity contribution in [2.75, 3.05) is 5.32 Å². The molecule has 0 radical (unpaired) electrons. The molecule has 0 atom stereocenters. The molecule has 0 saturated heterocycles. The molecule has 0 unspecified atom stereocenters. The minimum Gasteiger partial charge on any atom is -0.408 e. The quantitative estimate of drug-likeness (QED) is 0.739. The summed E-state index contributed by atoms with van der Waals surface area (Å²) in [6.07, 6.45) is 0.815. The lowest BCUT2D eigenvalue weighted by Crippen LogP contribution is -2.13. The summed E-state index contributed by atoms with van der Waals surface area (Å²) in [6.45, 7) is 0. The third-order valence-corrected chi connectivity index (χ3v) is 3.95. The van der Waals surface area contributed by atoms with Gasteiger partial charge in [0.2, 0.25) is 11.8 Å². The molecule has 3 aromatic rings. The highest BCUT2D eigenvalue weighted by molar-refractivity contribution is 5.94. The standard InChI is InChI=1S/C18H17N3O4/c1-21-14-10-11(2-8-15(14)25-18(21)24)3-9-16(22)20-13-6-4-12(5-7-13)17(19)23/h2,4-8,10H,3,9H2,1H3,(H2,19,23)(H,20,22). The van der Waals surface area contributed by atoms with Crippen LogP contribution in [-0.4, -0.2) is 16.4 Å². The molecule has 25 heavy (non-hydrogen) atoms. The van der Waals surface area contributed by atoms with E-state index in [0.717, 1.165) is 5.56 Å². The third-order valence-electron chi connectivity index (χ3n) is 3.95. The van der Waals surface area contributed by atoms with Gasteiger partial charge in [-0.25, -0.2) is 4.79 Å². The fraction of sp³-hybridized carbons (Fsp3) is 0.167. The summed E-state index contributed by atoms with van der Waals surface area (Å²) >= 11 is 0. The first-order valence-electron chi connectivity index (χ1n) is 7.72. The Morgan fingerprint density at radius 1 is 1.16 bits per heavy atom. The van der Waals surface area contributed by atoms with Crippen LogP contribution in [0.1, 0.15) is 22.3 Å². The number of anilines is 1. The molecule has 3 rings (SSSR count). The van der Waals surface area contributed by atoms with Gasteiger partial charge in [0.1, 0.15) is 0 Å². The number of carbonyl (C=O) groups excluding carboxylic acids is 2. The molecule has 0 fully saturated rings. The minimum atomic E-state index is -0.512. The van der Waals surface area contributed by atoms with Crippen molar-refractivity contribution in [3.63, 3.8) is 0 Å². The van der Waals surface area contributed by atoms with E-state index in [1.807, 2.05) is 12.1 Å².